The largest absolute Gasteiger partial charge is 0.401 e. The number of hydrogen-bond acceptors (Lipinski definition) is 3. The SMILES string of the molecule is C#C[C@]1(O[Si](C)(C)C)CC[C@H]2[C@@H]3CCC4=C[C@@H](O)CC(C)[C@]4(C=O)[C@H]3CC[C@@]21C. The van der Waals surface area contributed by atoms with Crippen LogP contribution in [0.5, 0.6) is 0 Å². The second kappa shape index (κ2) is 6.80. The number of hydrogen-bond donors (Lipinski definition) is 1. The van der Waals surface area contributed by atoms with Gasteiger partial charge in [-0.3, -0.25) is 0 Å². The first-order valence-electron chi connectivity index (χ1n) is 11.6. The van der Waals surface area contributed by atoms with Crippen molar-refractivity contribution in [2.24, 2.45) is 34.5 Å². The van der Waals surface area contributed by atoms with Crippen LogP contribution in [0, 0.1) is 46.8 Å². The standard InChI is InChI=1S/C25H38O3Si/c1-7-24(28-29(4,5)6)13-11-21-20-9-8-18-15-19(27)14-17(2)25(18,16-26)22(20)10-12-23(21,24)3/h1,15-17,19-22,27H,8-14H2,2-6H3/t17?,19-,20-,21-,22-,23-,24-,25-/m0/s1. The van der Waals surface area contributed by atoms with Crippen molar-refractivity contribution in [1.29, 1.82) is 0 Å². The van der Waals surface area contributed by atoms with Crippen molar-refractivity contribution in [3.63, 3.8) is 0 Å². The van der Waals surface area contributed by atoms with Gasteiger partial charge >= 0.3 is 0 Å². The Morgan fingerprint density at radius 1 is 1.24 bits per heavy atom. The molecule has 4 aliphatic carbocycles. The summed E-state index contributed by atoms with van der Waals surface area (Å²) < 4.78 is 6.77. The van der Waals surface area contributed by atoms with E-state index in [9.17, 15) is 9.90 Å². The summed E-state index contributed by atoms with van der Waals surface area (Å²) >= 11 is 0. The normalized spacial score (nSPS) is 49.3. The van der Waals surface area contributed by atoms with Crippen molar-refractivity contribution < 1.29 is 14.3 Å². The lowest BCUT2D eigenvalue weighted by molar-refractivity contribution is -0.137. The molecule has 4 rings (SSSR count). The fourth-order valence-electron chi connectivity index (χ4n) is 8.06. The second-order valence-corrected chi connectivity index (χ2v) is 16.0. The third-order valence-electron chi connectivity index (χ3n) is 9.19. The Balaban J connectivity index is 1.72. The molecule has 1 unspecified atom stereocenters. The van der Waals surface area contributed by atoms with E-state index in [1.165, 1.54) is 11.9 Å². The zero-order valence-electron chi connectivity index (χ0n) is 18.8. The lowest BCUT2D eigenvalue weighted by atomic mass is 9.44. The van der Waals surface area contributed by atoms with Gasteiger partial charge in [0.1, 0.15) is 11.9 Å². The first-order chi connectivity index (χ1) is 13.5. The number of aliphatic hydroxyl groups is 1. The number of fused-ring (bicyclic) bond motifs is 5. The third kappa shape index (κ3) is 2.87. The molecule has 0 saturated heterocycles. The molecule has 4 aliphatic rings. The van der Waals surface area contributed by atoms with Crippen molar-refractivity contribution >= 4 is 14.6 Å². The Labute approximate surface area is 177 Å². The predicted molar refractivity (Wildman–Crippen MR) is 119 cm³/mol. The zero-order chi connectivity index (χ0) is 21.2. The van der Waals surface area contributed by atoms with Crippen LogP contribution in [0.3, 0.4) is 0 Å². The minimum atomic E-state index is -1.79. The highest BCUT2D eigenvalue weighted by atomic mass is 28.4. The van der Waals surface area contributed by atoms with Crippen molar-refractivity contribution in [2.75, 3.05) is 0 Å². The van der Waals surface area contributed by atoms with Gasteiger partial charge in [0, 0.05) is 5.41 Å². The fourth-order valence-corrected chi connectivity index (χ4v) is 9.50. The highest BCUT2D eigenvalue weighted by molar-refractivity contribution is 6.69. The van der Waals surface area contributed by atoms with Crippen molar-refractivity contribution in [3.8, 4) is 12.3 Å². The van der Waals surface area contributed by atoms with E-state index < -0.39 is 20.0 Å². The maximum atomic E-state index is 12.7. The summed E-state index contributed by atoms with van der Waals surface area (Å²) in [5, 5.41) is 10.3. The van der Waals surface area contributed by atoms with Gasteiger partial charge in [-0.25, -0.2) is 0 Å². The number of aliphatic hydroxyl groups excluding tert-OH is 1. The average molecular weight is 415 g/mol. The summed E-state index contributed by atoms with van der Waals surface area (Å²) in [6.45, 7) is 11.3. The van der Waals surface area contributed by atoms with Crippen LogP contribution in [0.15, 0.2) is 11.6 Å². The minimum absolute atomic E-state index is 0.00803. The maximum Gasteiger partial charge on any atom is 0.185 e. The van der Waals surface area contributed by atoms with Crippen LogP contribution >= 0.6 is 0 Å². The van der Waals surface area contributed by atoms with E-state index in [-0.39, 0.29) is 16.7 Å². The molecule has 8 atom stereocenters. The molecule has 3 fully saturated rings. The number of aldehydes is 1. The van der Waals surface area contributed by atoms with Gasteiger partial charge in [-0.1, -0.05) is 31.4 Å². The molecule has 0 aromatic heterocycles. The van der Waals surface area contributed by atoms with Gasteiger partial charge in [-0.2, -0.15) is 0 Å². The summed E-state index contributed by atoms with van der Waals surface area (Å²) in [5.41, 5.74) is 0.366. The summed E-state index contributed by atoms with van der Waals surface area (Å²) in [6, 6.07) is 0. The van der Waals surface area contributed by atoms with Crippen LogP contribution in [0.2, 0.25) is 19.6 Å². The van der Waals surface area contributed by atoms with Crippen LogP contribution in [0.4, 0.5) is 0 Å². The Bertz CT molecular complexity index is 761. The molecule has 29 heavy (non-hydrogen) atoms. The number of carbonyl (C=O) groups excluding carboxylic acids is 1. The van der Waals surface area contributed by atoms with Crippen molar-refractivity contribution in [3.05, 3.63) is 11.6 Å². The van der Waals surface area contributed by atoms with Gasteiger partial charge in [-0.15, -0.1) is 6.42 Å². The minimum Gasteiger partial charge on any atom is -0.401 e. The highest BCUT2D eigenvalue weighted by Gasteiger charge is 2.66. The van der Waals surface area contributed by atoms with Gasteiger partial charge in [-0.05, 0) is 88.3 Å². The molecule has 0 bridgehead atoms. The zero-order valence-corrected chi connectivity index (χ0v) is 19.8. The fraction of sp³-hybridized carbons (Fsp3) is 0.800. The monoisotopic (exact) mass is 414 g/mol. The molecule has 1 N–H and O–H groups in total. The van der Waals surface area contributed by atoms with E-state index in [0.717, 1.165) is 38.5 Å². The van der Waals surface area contributed by atoms with E-state index >= 15 is 0 Å². The molecule has 4 heteroatoms. The van der Waals surface area contributed by atoms with Gasteiger partial charge in [0.05, 0.1) is 11.5 Å². The van der Waals surface area contributed by atoms with Gasteiger partial charge < -0.3 is 14.3 Å². The number of rotatable bonds is 3. The van der Waals surface area contributed by atoms with Crippen LogP contribution in [-0.2, 0) is 9.22 Å². The van der Waals surface area contributed by atoms with E-state index in [2.05, 4.69) is 39.4 Å². The first kappa shape index (κ1) is 21.3. The summed E-state index contributed by atoms with van der Waals surface area (Å²) in [7, 11) is -1.79. The number of carbonyl (C=O) groups is 1. The lowest BCUT2D eigenvalue weighted by Gasteiger charge is -2.60. The molecule has 160 valence electrons. The molecule has 0 aromatic rings. The Morgan fingerprint density at radius 3 is 2.55 bits per heavy atom. The average Bonchev–Trinajstić information content (AvgIpc) is 2.92. The topological polar surface area (TPSA) is 46.5 Å². The van der Waals surface area contributed by atoms with Crippen LogP contribution < -0.4 is 0 Å². The Kier molecular flexibility index (Phi) is 5.01. The van der Waals surface area contributed by atoms with Crippen LogP contribution in [0.1, 0.15) is 58.8 Å². The number of allylic oxidation sites excluding steroid dienone is 1. The molecule has 0 aromatic carbocycles. The van der Waals surface area contributed by atoms with Gasteiger partial charge in [0.25, 0.3) is 0 Å². The molecule has 0 spiro atoms. The Hall–Kier alpha value is -0.893. The lowest BCUT2D eigenvalue weighted by Crippen LogP contribution is -2.59. The molecule has 0 radical (unpaired) electrons. The third-order valence-corrected chi connectivity index (χ3v) is 10.1. The molecule has 0 heterocycles. The summed E-state index contributed by atoms with van der Waals surface area (Å²) in [5.74, 6) is 4.78. The van der Waals surface area contributed by atoms with Crippen molar-refractivity contribution in [1.82, 2.24) is 0 Å². The Morgan fingerprint density at radius 2 is 1.93 bits per heavy atom. The van der Waals surface area contributed by atoms with Gasteiger partial charge in [0.15, 0.2) is 8.32 Å². The smallest absolute Gasteiger partial charge is 0.185 e. The number of terminal acetylenes is 1. The predicted octanol–water partition coefficient (Wildman–Crippen LogP) is 4.96. The molecule has 0 amide bonds. The van der Waals surface area contributed by atoms with E-state index in [1.807, 2.05) is 6.08 Å². The van der Waals surface area contributed by atoms with Crippen LogP contribution in [0.25, 0.3) is 0 Å². The maximum absolute atomic E-state index is 12.7. The van der Waals surface area contributed by atoms with Gasteiger partial charge in [0.2, 0.25) is 0 Å². The van der Waals surface area contributed by atoms with Crippen LogP contribution in [-0.4, -0.2) is 31.4 Å². The molecular formula is C25H38O3Si. The van der Waals surface area contributed by atoms with E-state index in [1.54, 1.807) is 0 Å². The van der Waals surface area contributed by atoms with Crippen molar-refractivity contribution in [2.45, 2.75) is 90.1 Å². The highest BCUT2D eigenvalue weighted by Crippen LogP contribution is 2.68. The van der Waals surface area contributed by atoms with E-state index in [0.29, 0.717) is 24.2 Å². The second-order valence-electron chi connectivity index (χ2n) is 11.5. The van der Waals surface area contributed by atoms with E-state index in [4.69, 9.17) is 10.8 Å². The quantitative estimate of drug-likeness (QED) is 0.307. The first-order valence-corrected chi connectivity index (χ1v) is 15.0. The summed E-state index contributed by atoms with van der Waals surface area (Å²) in [6.07, 6.45) is 15.9. The molecule has 3 nitrogen and oxygen atoms in total. The molecule has 0 aliphatic heterocycles. The molecule has 3 saturated carbocycles. The molecular weight excluding hydrogens is 376 g/mol. The summed E-state index contributed by atoms with van der Waals surface area (Å²) in [4.78, 5) is 12.7.